The Morgan fingerprint density at radius 3 is 2.47 bits per heavy atom. The Balaban J connectivity index is 2.73. The molecule has 0 amide bonds. The van der Waals surface area contributed by atoms with Gasteiger partial charge in [-0.1, -0.05) is 6.07 Å². The molecule has 0 aliphatic carbocycles. The standard InChI is InChI=1S/C12H17F3N2O2/c1-8(2)18-5-6-19-11-9(7-16)3-4-10(17-11)12(13,14)15/h3-4,8H,5-7,16H2,1-2H3. The van der Waals surface area contributed by atoms with Gasteiger partial charge in [-0.3, -0.25) is 0 Å². The van der Waals surface area contributed by atoms with Crippen molar-refractivity contribution in [3.8, 4) is 5.88 Å². The summed E-state index contributed by atoms with van der Waals surface area (Å²) in [5, 5.41) is 0. The Hall–Kier alpha value is -1.34. The van der Waals surface area contributed by atoms with Gasteiger partial charge in [-0.15, -0.1) is 0 Å². The van der Waals surface area contributed by atoms with Gasteiger partial charge in [0.1, 0.15) is 12.3 Å². The molecule has 19 heavy (non-hydrogen) atoms. The van der Waals surface area contributed by atoms with Gasteiger partial charge in [0.25, 0.3) is 0 Å². The maximum absolute atomic E-state index is 12.5. The highest BCUT2D eigenvalue weighted by atomic mass is 19.4. The second-order valence-corrected chi connectivity index (χ2v) is 4.13. The molecule has 0 radical (unpaired) electrons. The van der Waals surface area contributed by atoms with Crippen molar-refractivity contribution >= 4 is 0 Å². The van der Waals surface area contributed by atoms with Gasteiger partial charge in [-0.2, -0.15) is 13.2 Å². The van der Waals surface area contributed by atoms with Gasteiger partial charge < -0.3 is 15.2 Å². The Bertz CT molecular complexity index is 408. The first-order chi connectivity index (χ1) is 8.84. The van der Waals surface area contributed by atoms with E-state index in [2.05, 4.69) is 4.98 Å². The van der Waals surface area contributed by atoms with E-state index in [0.717, 1.165) is 6.07 Å². The van der Waals surface area contributed by atoms with Crippen molar-refractivity contribution in [3.63, 3.8) is 0 Å². The third-order valence-corrected chi connectivity index (χ3v) is 2.22. The third kappa shape index (κ3) is 5.04. The first kappa shape index (κ1) is 15.7. The molecule has 108 valence electrons. The first-order valence-electron chi connectivity index (χ1n) is 5.86. The van der Waals surface area contributed by atoms with E-state index < -0.39 is 11.9 Å². The lowest BCUT2D eigenvalue weighted by Gasteiger charge is -2.13. The van der Waals surface area contributed by atoms with Crippen LogP contribution in [0.25, 0.3) is 0 Å². The van der Waals surface area contributed by atoms with Crippen LogP contribution in [-0.4, -0.2) is 24.3 Å². The van der Waals surface area contributed by atoms with Crippen LogP contribution in [0.2, 0.25) is 0 Å². The summed E-state index contributed by atoms with van der Waals surface area (Å²) in [7, 11) is 0. The fourth-order valence-corrected chi connectivity index (χ4v) is 1.33. The highest BCUT2D eigenvalue weighted by Crippen LogP contribution is 2.30. The van der Waals surface area contributed by atoms with Gasteiger partial charge in [-0.05, 0) is 19.9 Å². The number of pyridine rings is 1. The SMILES string of the molecule is CC(C)OCCOc1nc(C(F)(F)F)ccc1CN. The number of aromatic nitrogens is 1. The zero-order valence-electron chi connectivity index (χ0n) is 10.8. The molecule has 0 atom stereocenters. The fraction of sp³-hybridized carbons (Fsp3) is 0.583. The summed E-state index contributed by atoms with van der Waals surface area (Å²) in [4.78, 5) is 3.45. The van der Waals surface area contributed by atoms with Crippen molar-refractivity contribution < 1.29 is 22.6 Å². The van der Waals surface area contributed by atoms with Crippen molar-refractivity contribution in [2.45, 2.75) is 32.7 Å². The molecule has 1 aromatic rings. The van der Waals surface area contributed by atoms with E-state index in [1.165, 1.54) is 6.07 Å². The number of hydrogen-bond acceptors (Lipinski definition) is 4. The molecule has 7 heteroatoms. The van der Waals surface area contributed by atoms with E-state index in [0.29, 0.717) is 5.56 Å². The summed E-state index contributed by atoms with van der Waals surface area (Å²) >= 11 is 0. The van der Waals surface area contributed by atoms with Crippen LogP contribution in [0.4, 0.5) is 13.2 Å². The molecule has 1 aromatic heterocycles. The monoisotopic (exact) mass is 278 g/mol. The van der Waals surface area contributed by atoms with Crippen molar-refractivity contribution in [3.05, 3.63) is 23.4 Å². The van der Waals surface area contributed by atoms with Crippen LogP contribution in [0, 0.1) is 0 Å². The summed E-state index contributed by atoms with van der Waals surface area (Å²) < 4.78 is 48.0. The molecular formula is C12H17F3N2O2. The summed E-state index contributed by atoms with van der Waals surface area (Å²) in [6, 6.07) is 2.16. The molecule has 0 saturated carbocycles. The van der Waals surface area contributed by atoms with Crippen LogP contribution in [0.15, 0.2) is 12.1 Å². The average molecular weight is 278 g/mol. The molecule has 1 rings (SSSR count). The minimum absolute atomic E-state index is 0.0343. The van der Waals surface area contributed by atoms with Crippen molar-refractivity contribution in [1.29, 1.82) is 0 Å². The van der Waals surface area contributed by atoms with Crippen LogP contribution in [-0.2, 0) is 17.5 Å². The molecule has 0 aliphatic heterocycles. The fourth-order valence-electron chi connectivity index (χ4n) is 1.33. The van der Waals surface area contributed by atoms with Crippen LogP contribution in [0.1, 0.15) is 25.1 Å². The lowest BCUT2D eigenvalue weighted by molar-refractivity contribution is -0.141. The summed E-state index contributed by atoms with van der Waals surface area (Å²) in [5.41, 5.74) is 4.86. The van der Waals surface area contributed by atoms with E-state index in [4.69, 9.17) is 15.2 Å². The van der Waals surface area contributed by atoms with Gasteiger partial charge in [0.2, 0.25) is 5.88 Å². The number of ether oxygens (including phenoxy) is 2. The average Bonchev–Trinajstić information content (AvgIpc) is 2.33. The normalized spacial score (nSPS) is 11.9. The predicted octanol–water partition coefficient (Wildman–Crippen LogP) is 2.36. The molecule has 4 nitrogen and oxygen atoms in total. The maximum atomic E-state index is 12.5. The summed E-state index contributed by atoms with van der Waals surface area (Å²) in [6.45, 7) is 4.17. The van der Waals surface area contributed by atoms with Crippen LogP contribution < -0.4 is 10.5 Å². The number of alkyl halides is 3. The van der Waals surface area contributed by atoms with E-state index in [1.54, 1.807) is 0 Å². The predicted molar refractivity (Wildman–Crippen MR) is 63.7 cm³/mol. The molecule has 0 aliphatic rings. The molecule has 0 fully saturated rings. The van der Waals surface area contributed by atoms with E-state index >= 15 is 0 Å². The Labute approximate surface area is 109 Å². The molecule has 0 aromatic carbocycles. The van der Waals surface area contributed by atoms with Crippen LogP contribution in [0.3, 0.4) is 0 Å². The van der Waals surface area contributed by atoms with Crippen LogP contribution >= 0.6 is 0 Å². The van der Waals surface area contributed by atoms with E-state index in [1.807, 2.05) is 13.8 Å². The lowest BCUT2D eigenvalue weighted by Crippen LogP contribution is -2.15. The molecular weight excluding hydrogens is 261 g/mol. The molecule has 0 bridgehead atoms. The third-order valence-electron chi connectivity index (χ3n) is 2.22. The molecule has 2 N–H and O–H groups in total. The maximum Gasteiger partial charge on any atom is 0.433 e. The number of rotatable bonds is 6. The highest BCUT2D eigenvalue weighted by molar-refractivity contribution is 5.29. The van der Waals surface area contributed by atoms with Crippen molar-refractivity contribution in [1.82, 2.24) is 4.98 Å². The van der Waals surface area contributed by atoms with Crippen molar-refractivity contribution in [2.24, 2.45) is 5.73 Å². The van der Waals surface area contributed by atoms with E-state index in [-0.39, 0.29) is 31.7 Å². The lowest BCUT2D eigenvalue weighted by atomic mass is 10.2. The largest absolute Gasteiger partial charge is 0.475 e. The molecule has 0 saturated heterocycles. The quantitative estimate of drug-likeness (QED) is 0.812. The highest BCUT2D eigenvalue weighted by Gasteiger charge is 2.33. The minimum Gasteiger partial charge on any atom is -0.475 e. The van der Waals surface area contributed by atoms with Gasteiger partial charge in [0, 0.05) is 12.1 Å². The summed E-state index contributed by atoms with van der Waals surface area (Å²) in [5.74, 6) is -0.0929. The zero-order valence-corrected chi connectivity index (χ0v) is 10.8. The molecule has 0 spiro atoms. The zero-order chi connectivity index (χ0) is 14.5. The first-order valence-corrected chi connectivity index (χ1v) is 5.86. The Kier molecular flexibility index (Phi) is 5.56. The second-order valence-electron chi connectivity index (χ2n) is 4.13. The Morgan fingerprint density at radius 1 is 1.26 bits per heavy atom. The molecule has 1 heterocycles. The number of halogens is 3. The van der Waals surface area contributed by atoms with E-state index in [9.17, 15) is 13.2 Å². The van der Waals surface area contributed by atoms with Gasteiger partial charge in [0.05, 0.1) is 12.7 Å². The number of hydrogen-bond donors (Lipinski definition) is 1. The smallest absolute Gasteiger partial charge is 0.433 e. The second kappa shape index (κ2) is 6.72. The van der Waals surface area contributed by atoms with Crippen molar-refractivity contribution in [2.75, 3.05) is 13.2 Å². The summed E-state index contributed by atoms with van der Waals surface area (Å²) in [6.07, 6.45) is -4.47. The number of nitrogens with two attached hydrogens (primary N) is 1. The topological polar surface area (TPSA) is 57.4 Å². The van der Waals surface area contributed by atoms with Crippen LogP contribution in [0.5, 0.6) is 5.88 Å². The van der Waals surface area contributed by atoms with Gasteiger partial charge in [0.15, 0.2) is 0 Å². The van der Waals surface area contributed by atoms with Gasteiger partial charge in [-0.25, -0.2) is 4.98 Å². The molecule has 0 unspecified atom stereocenters. The Morgan fingerprint density at radius 2 is 1.95 bits per heavy atom. The van der Waals surface area contributed by atoms with Gasteiger partial charge >= 0.3 is 6.18 Å². The minimum atomic E-state index is -4.50. The number of nitrogens with zero attached hydrogens (tertiary/aromatic N) is 1.